The van der Waals surface area contributed by atoms with E-state index in [-0.39, 0.29) is 6.61 Å². The van der Waals surface area contributed by atoms with Crippen LogP contribution in [0.1, 0.15) is 31.2 Å². The van der Waals surface area contributed by atoms with Gasteiger partial charge in [-0.3, -0.25) is 9.69 Å². The third-order valence-electron chi connectivity index (χ3n) is 4.51. The van der Waals surface area contributed by atoms with E-state index in [9.17, 15) is 4.79 Å². The molecule has 1 aromatic carbocycles. The van der Waals surface area contributed by atoms with Crippen LogP contribution in [-0.2, 0) is 16.1 Å². The summed E-state index contributed by atoms with van der Waals surface area (Å²) in [4.78, 5) is 13.3. The van der Waals surface area contributed by atoms with E-state index in [4.69, 9.17) is 15.2 Å². The minimum atomic E-state index is -0.455. The van der Waals surface area contributed by atoms with Gasteiger partial charge in [-0.05, 0) is 30.5 Å². The number of hydrogen-bond donors (Lipinski definition) is 1. The van der Waals surface area contributed by atoms with E-state index in [0.717, 1.165) is 19.7 Å². The molecule has 1 aliphatic heterocycles. The van der Waals surface area contributed by atoms with Crippen molar-refractivity contribution in [2.75, 3.05) is 19.8 Å². The first kappa shape index (κ1) is 15.3. The number of carbonyl (C=O) groups excluding carboxylic acids is 1. The Hall–Kier alpha value is -1.59. The fourth-order valence-corrected chi connectivity index (χ4v) is 3.50. The number of nitrogens with two attached hydrogens (primary N) is 1. The van der Waals surface area contributed by atoms with Crippen LogP contribution in [-0.4, -0.2) is 42.7 Å². The number of primary amides is 1. The lowest BCUT2D eigenvalue weighted by Gasteiger charge is -2.43. The van der Waals surface area contributed by atoms with E-state index in [1.807, 2.05) is 18.2 Å². The number of ether oxygens (including phenoxy) is 2. The summed E-state index contributed by atoms with van der Waals surface area (Å²) in [7, 11) is 0. The lowest BCUT2D eigenvalue weighted by Crippen LogP contribution is -2.52. The van der Waals surface area contributed by atoms with Crippen LogP contribution in [0.15, 0.2) is 24.3 Å². The first-order chi connectivity index (χ1) is 10.7. The predicted molar refractivity (Wildman–Crippen MR) is 83.5 cm³/mol. The van der Waals surface area contributed by atoms with Gasteiger partial charge in [0.25, 0.3) is 5.91 Å². The largest absolute Gasteiger partial charge is 0.484 e. The highest BCUT2D eigenvalue weighted by Crippen LogP contribution is 2.29. The fraction of sp³-hybridized carbons (Fsp3) is 0.588. The standard InChI is InChI=1S/C17H24N2O3/c18-17(20)12-22-14-5-3-4-13(10-14)11-19-8-9-21-16-7-2-1-6-15(16)19/h3-5,10,15-16H,1-2,6-9,11-12H2,(H2,18,20)/t15-,16-/m1/s1. The molecular formula is C17H24N2O3. The monoisotopic (exact) mass is 304 g/mol. The molecule has 0 radical (unpaired) electrons. The second-order valence-electron chi connectivity index (χ2n) is 6.13. The normalized spacial score (nSPS) is 25.5. The van der Waals surface area contributed by atoms with Crippen LogP contribution in [0.4, 0.5) is 0 Å². The Morgan fingerprint density at radius 2 is 2.23 bits per heavy atom. The number of amides is 1. The van der Waals surface area contributed by atoms with Crippen molar-refractivity contribution in [2.24, 2.45) is 5.73 Å². The zero-order valence-corrected chi connectivity index (χ0v) is 12.9. The maximum atomic E-state index is 10.8. The number of fused-ring (bicyclic) bond motifs is 1. The summed E-state index contributed by atoms with van der Waals surface area (Å²) in [5.74, 6) is 0.244. The average Bonchev–Trinajstić information content (AvgIpc) is 2.54. The third kappa shape index (κ3) is 3.78. The van der Waals surface area contributed by atoms with E-state index in [1.54, 1.807) is 0 Å². The Balaban J connectivity index is 1.64. The minimum absolute atomic E-state index is 0.0777. The summed E-state index contributed by atoms with van der Waals surface area (Å²) >= 11 is 0. The highest BCUT2D eigenvalue weighted by molar-refractivity contribution is 5.75. The highest BCUT2D eigenvalue weighted by Gasteiger charge is 2.33. The van der Waals surface area contributed by atoms with Crippen molar-refractivity contribution in [3.63, 3.8) is 0 Å². The van der Waals surface area contributed by atoms with Crippen LogP contribution < -0.4 is 10.5 Å². The van der Waals surface area contributed by atoms with Crippen molar-refractivity contribution in [3.8, 4) is 5.75 Å². The van der Waals surface area contributed by atoms with E-state index >= 15 is 0 Å². The molecule has 5 heteroatoms. The molecule has 1 aromatic rings. The van der Waals surface area contributed by atoms with Gasteiger partial charge < -0.3 is 15.2 Å². The van der Waals surface area contributed by atoms with Gasteiger partial charge in [-0.15, -0.1) is 0 Å². The van der Waals surface area contributed by atoms with Crippen LogP contribution in [0.25, 0.3) is 0 Å². The van der Waals surface area contributed by atoms with E-state index in [0.29, 0.717) is 17.9 Å². The average molecular weight is 304 g/mol. The molecule has 120 valence electrons. The Morgan fingerprint density at radius 3 is 3.09 bits per heavy atom. The molecule has 1 amide bonds. The van der Waals surface area contributed by atoms with Gasteiger partial charge in [0.1, 0.15) is 5.75 Å². The Labute approximate surface area is 131 Å². The Morgan fingerprint density at radius 1 is 1.36 bits per heavy atom. The zero-order chi connectivity index (χ0) is 15.4. The lowest BCUT2D eigenvalue weighted by atomic mass is 9.90. The van der Waals surface area contributed by atoms with Crippen LogP contribution in [0.2, 0.25) is 0 Å². The van der Waals surface area contributed by atoms with Gasteiger partial charge in [0.15, 0.2) is 6.61 Å². The quantitative estimate of drug-likeness (QED) is 0.899. The SMILES string of the molecule is NC(=O)COc1cccc(CN2CCO[C@@H]3CCCC[C@H]32)c1. The van der Waals surface area contributed by atoms with Gasteiger partial charge in [0, 0.05) is 19.1 Å². The van der Waals surface area contributed by atoms with Crippen molar-refractivity contribution in [2.45, 2.75) is 44.4 Å². The zero-order valence-electron chi connectivity index (χ0n) is 12.9. The van der Waals surface area contributed by atoms with Crippen LogP contribution in [0, 0.1) is 0 Å². The molecule has 2 atom stereocenters. The second-order valence-corrected chi connectivity index (χ2v) is 6.13. The van der Waals surface area contributed by atoms with Gasteiger partial charge in [0.2, 0.25) is 0 Å². The number of rotatable bonds is 5. The highest BCUT2D eigenvalue weighted by atomic mass is 16.5. The molecule has 1 saturated heterocycles. The smallest absolute Gasteiger partial charge is 0.255 e. The summed E-state index contributed by atoms with van der Waals surface area (Å²) in [6.45, 7) is 2.62. The third-order valence-corrected chi connectivity index (χ3v) is 4.51. The molecule has 1 aliphatic carbocycles. The molecule has 22 heavy (non-hydrogen) atoms. The molecule has 2 fully saturated rings. The molecule has 0 spiro atoms. The molecule has 2 N–H and O–H groups in total. The Bertz CT molecular complexity index is 518. The van der Waals surface area contributed by atoms with Gasteiger partial charge in [-0.25, -0.2) is 0 Å². The Kier molecular flexibility index (Phi) is 4.95. The van der Waals surface area contributed by atoms with Gasteiger partial charge in [0.05, 0.1) is 12.7 Å². The van der Waals surface area contributed by atoms with Crippen LogP contribution in [0.3, 0.4) is 0 Å². The molecule has 1 saturated carbocycles. The number of nitrogens with zero attached hydrogens (tertiary/aromatic N) is 1. The summed E-state index contributed by atoms with van der Waals surface area (Å²) < 4.78 is 11.3. The summed E-state index contributed by atoms with van der Waals surface area (Å²) in [5, 5.41) is 0. The fourth-order valence-electron chi connectivity index (χ4n) is 3.50. The molecule has 1 heterocycles. The first-order valence-electron chi connectivity index (χ1n) is 8.08. The number of benzene rings is 1. The maximum Gasteiger partial charge on any atom is 0.255 e. The molecule has 2 aliphatic rings. The maximum absolute atomic E-state index is 10.8. The van der Waals surface area contributed by atoms with E-state index < -0.39 is 5.91 Å². The first-order valence-corrected chi connectivity index (χ1v) is 8.08. The van der Waals surface area contributed by atoms with Crippen molar-refractivity contribution < 1.29 is 14.3 Å². The van der Waals surface area contributed by atoms with E-state index in [2.05, 4.69) is 11.0 Å². The van der Waals surface area contributed by atoms with E-state index in [1.165, 1.54) is 31.2 Å². The molecule has 5 nitrogen and oxygen atoms in total. The summed E-state index contributed by atoms with van der Waals surface area (Å²) in [6, 6.07) is 8.46. The number of morpholine rings is 1. The molecule has 0 bridgehead atoms. The van der Waals surface area contributed by atoms with Gasteiger partial charge in [-0.1, -0.05) is 25.0 Å². The minimum Gasteiger partial charge on any atom is -0.484 e. The topological polar surface area (TPSA) is 64.8 Å². The molecular weight excluding hydrogens is 280 g/mol. The second kappa shape index (κ2) is 7.11. The number of carbonyl (C=O) groups is 1. The summed E-state index contributed by atoms with van der Waals surface area (Å²) in [6.07, 6.45) is 5.39. The molecule has 3 rings (SSSR count). The molecule has 0 unspecified atom stereocenters. The van der Waals surface area contributed by atoms with Crippen LogP contribution >= 0.6 is 0 Å². The van der Waals surface area contributed by atoms with Gasteiger partial charge in [-0.2, -0.15) is 0 Å². The molecule has 0 aromatic heterocycles. The van der Waals surface area contributed by atoms with Crippen molar-refractivity contribution >= 4 is 5.91 Å². The van der Waals surface area contributed by atoms with Crippen LogP contribution in [0.5, 0.6) is 5.75 Å². The predicted octanol–water partition coefficient (Wildman–Crippen LogP) is 1.69. The lowest BCUT2D eigenvalue weighted by molar-refractivity contribution is -0.119. The summed E-state index contributed by atoms with van der Waals surface area (Å²) in [5.41, 5.74) is 6.32. The number of hydrogen-bond acceptors (Lipinski definition) is 4. The van der Waals surface area contributed by atoms with Gasteiger partial charge >= 0.3 is 0 Å². The van der Waals surface area contributed by atoms with Crippen molar-refractivity contribution in [1.29, 1.82) is 0 Å². The van der Waals surface area contributed by atoms with Crippen molar-refractivity contribution in [3.05, 3.63) is 29.8 Å². The van der Waals surface area contributed by atoms with Crippen molar-refractivity contribution in [1.82, 2.24) is 4.90 Å².